The highest BCUT2D eigenvalue weighted by Crippen LogP contribution is 2.61. The summed E-state index contributed by atoms with van der Waals surface area (Å²) in [6.07, 6.45) is 0. The molecule has 4 aromatic carbocycles. The Balaban J connectivity index is 1.38. The van der Waals surface area contributed by atoms with Crippen molar-refractivity contribution in [3.8, 4) is 5.75 Å². The number of fused-ring (bicyclic) bond motifs is 2. The number of carbonyl (C=O) groups excluding carboxylic acids is 1. The van der Waals surface area contributed by atoms with Crippen LogP contribution < -0.4 is 4.74 Å². The minimum Gasteiger partial charge on any atom is -0.476 e. The van der Waals surface area contributed by atoms with Gasteiger partial charge in [0.2, 0.25) is 0 Å². The summed E-state index contributed by atoms with van der Waals surface area (Å²) in [6, 6.07) is 27.7. The van der Waals surface area contributed by atoms with Crippen molar-refractivity contribution in [1.29, 1.82) is 0 Å². The van der Waals surface area contributed by atoms with Crippen molar-refractivity contribution < 1.29 is 23.0 Å². The van der Waals surface area contributed by atoms with E-state index in [1.807, 2.05) is 78.9 Å². The van der Waals surface area contributed by atoms with Crippen LogP contribution >= 0.6 is 22.7 Å². The summed E-state index contributed by atoms with van der Waals surface area (Å²) in [4.78, 5) is 17.2. The van der Waals surface area contributed by atoms with Crippen LogP contribution in [-0.4, -0.2) is 12.6 Å². The number of carbonyl (C=O) groups is 1. The van der Waals surface area contributed by atoms with Gasteiger partial charge in [-0.2, -0.15) is 10.9 Å². The molecule has 0 saturated carbocycles. The quantitative estimate of drug-likeness (QED) is 0.183. The van der Waals surface area contributed by atoms with Crippen molar-refractivity contribution >= 4 is 28.6 Å². The molecule has 5 rings (SSSR count). The minimum absolute atomic E-state index is 0.542. The lowest BCUT2D eigenvalue weighted by Gasteiger charge is -2.31. The molecule has 0 bridgehead atoms. The van der Waals surface area contributed by atoms with E-state index in [-0.39, 0.29) is 0 Å². The summed E-state index contributed by atoms with van der Waals surface area (Å²) < 4.78 is 41.1. The van der Waals surface area contributed by atoms with E-state index in [2.05, 4.69) is 0 Å². The monoisotopic (exact) mass is 522 g/mol. The van der Waals surface area contributed by atoms with Crippen molar-refractivity contribution in [3.63, 3.8) is 0 Å². The number of benzene rings is 4. The highest BCUT2D eigenvalue weighted by molar-refractivity contribution is 8.18. The van der Waals surface area contributed by atoms with Crippen LogP contribution in [0.4, 0.5) is 8.78 Å². The standard InChI is InChI=1S/C29H24F2O3S2/c1-29(2,19-10-4-3-5-11-19)34-27(32)18-33-28-21(30)16-20(17-22(28)31)36-25-14-8-6-12-23(25)35-24-13-7-9-15-26(24)36/h3-17,36H,18H2,1-2H3. The molecule has 0 unspecified atom stereocenters. The topological polar surface area (TPSA) is 35.5 Å². The van der Waals surface area contributed by atoms with Gasteiger partial charge in [-0.25, -0.2) is 13.6 Å². The van der Waals surface area contributed by atoms with Gasteiger partial charge in [-0.3, -0.25) is 0 Å². The summed E-state index contributed by atoms with van der Waals surface area (Å²) >= 11 is 1.66. The van der Waals surface area contributed by atoms with Crippen LogP contribution in [0.3, 0.4) is 0 Å². The van der Waals surface area contributed by atoms with Crippen LogP contribution in [0.25, 0.3) is 0 Å². The highest BCUT2D eigenvalue weighted by Gasteiger charge is 2.28. The number of rotatable bonds is 6. The third kappa shape index (κ3) is 4.86. The maximum absolute atomic E-state index is 15.2. The molecule has 184 valence electrons. The van der Waals surface area contributed by atoms with E-state index >= 15 is 8.78 Å². The van der Waals surface area contributed by atoms with Crippen LogP contribution in [0.15, 0.2) is 115 Å². The first kappa shape index (κ1) is 24.4. The Morgan fingerprint density at radius 3 is 1.94 bits per heavy atom. The van der Waals surface area contributed by atoms with Gasteiger partial charge in [0.15, 0.2) is 24.0 Å². The van der Waals surface area contributed by atoms with Gasteiger partial charge in [-0.15, -0.1) is 0 Å². The summed E-state index contributed by atoms with van der Waals surface area (Å²) in [6.45, 7) is 2.88. The van der Waals surface area contributed by atoms with Gasteiger partial charge in [0.25, 0.3) is 0 Å². The van der Waals surface area contributed by atoms with Crippen LogP contribution in [0.5, 0.6) is 5.75 Å². The number of thiol groups is 1. The first-order valence-electron chi connectivity index (χ1n) is 11.4. The smallest absolute Gasteiger partial charge is 0.345 e. The predicted octanol–water partition coefficient (Wildman–Crippen LogP) is 7.77. The average Bonchev–Trinajstić information content (AvgIpc) is 2.87. The summed E-state index contributed by atoms with van der Waals surface area (Å²) in [7, 11) is -1.16. The molecule has 0 spiro atoms. The average molecular weight is 523 g/mol. The van der Waals surface area contributed by atoms with Crippen molar-refractivity contribution in [2.24, 2.45) is 0 Å². The molecule has 0 saturated heterocycles. The predicted molar refractivity (Wildman–Crippen MR) is 138 cm³/mol. The van der Waals surface area contributed by atoms with Gasteiger partial charge in [0.05, 0.1) is 0 Å². The van der Waals surface area contributed by atoms with Crippen molar-refractivity contribution in [1.82, 2.24) is 0 Å². The fourth-order valence-corrected chi connectivity index (χ4v) is 8.20. The zero-order valence-corrected chi connectivity index (χ0v) is 21.4. The molecule has 0 N–H and O–H groups in total. The number of ether oxygens (including phenoxy) is 2. The first-order chi connectivity index (χ1) is 17.3. The fraction of sp³-hybridized carbons (Fsp3) is 0.138. The number of hydrogen-bond acceptors (Lipinski definition) is 4. The highest BCUT2D eigenvalue weighted by atomic mass is 32.2. The SMILES string of the molecule is CC(C)(OC(=O)COc1c(F)cc([SH]2c3ccccc3Sc3ccccc32)cc1F)c1ccccc1. The van der Waals surface area contributed by atoms with Crippen LogP contribution in [0.2, 0.25) is 0 Å². The lowest BCUT2D eigenvalue weighted by atomic mass is 9.98. The second-order valence-electron chi connectivity index (χ2n) is 8.75. The molecule has 0 aromatic heterocycles. The number of esters is 1. The van der Waals surface area contributed by atoms with E-state index in [0.717, 1.165) is 25.1 Å². The Labute approximate surface area is 215 Å². The molecule has 0 fully saturated rings. The van der Waals surface area contributed by atoms with E-state index in [9.17, 15) is 4.79 Å². The largest absolute Gasteiger partial charge is 0.476 e. The Morgan fingerprint density at radius 2 is 1.36 bits per heavy atom. The molecule has 1 aliphatic rings. The van der Waals surface area contributed by atoms with E-state index < -0.39 is 46.5 Å². The lowest BCUT2D eigenvalue weighted by Crippen LogP contribution is -2.28. The third-order valence-corrected chi connectivity index (χ3v) is 9.82. The molecule has 0 atom stereocenters. The molecule has 36 heavy (non-hydrogen) atoms. The number of halogens is 2. The second-order valence-corrected chi connectivity index (χ2v) is 12.0. The molecule has 0 radical (unpaired) electrons. The Bertz CT molecular complexity index is 1350. The minimum atomic E-state index is -1.16. The van der Waals surface area contributed by atoms with E-state index in [0.29, 0.717) is 4.90 Å². The Hall–Kier alpha value is -3.29. The van der Waals surface area contributed by atoms with Crippen molar-refractivity contribution in [2.75, 3.05) is 6.61 Å². The summed E-state index contributed by atoms with van der Waals surface area (Å²) in [5.41, 5.74) is -0.112. The third-order valence-electron chi connectivity index (χ3n) is 5.85. The summed E-state index contributed by atoms with van der Waals surface area (Å²) in [5.74, 6) is -3.01. The van der Waals surface area contributed by atoms with Gasteiger partial charge in [0, 0.05) is 24.5 Å². The van der Waals surface area contributed by atoms with Crippen LogP contribution in [-0.2, 0) is 15.1 Å². The molecule has 3 nitrogen and oxygen atoms in total. The molecule has 7 heteroatoms. The second kappa shape index (κ2) is 9.99. The van der Waals surface area contributed by atoms with Crippen LogP contribution in [0.1, 0.15) is 19.4 Å². The molecular formula is C29H24F2O3S2. The maximum Gasteiger partial charge on any atom is 0.345 e. The first-order valence-corrected chi connectivity index (χ1v) is 13.5. The summed E-state index contributed by atoms with van der Waals surface area (Å²) in [5, 5.41) is 0. The van der Waals surface area contributed by atoms with Gasteiger partial charge >= 0.3 is 5.97 Å². The normalized spacial score (nSPS) is 13.5. The van der Waals surface area contributed by atoms with Gasteiger partial charge in [-0.05, 0) is 55.8 Å². The van der Waals surface area contributed by atoms with E-state index in [1.54, 1.807) is 25.6 Å². The van der Waals surface area contributed by atoms with Gasteiger partial charge in [0.1, 0.15) is 5.60 Å². The molecule has 0 amide bonds. The zero-order valence-electron chi connectivity index (χ0n) is 19.7. The van der Waals surface area contributed by atoms with Gasteiger partial charge < -0.3 is 9.47 Å². The van der Waals surface area contributed by atoms with Crippen LogP contribution in [0, 0.1) is 11.6 Å². The maximum atomic E-state index is 15.2. The van der Waals surface area contributed by atoms with E-state index in [4.69, 9.17) is 9.47 Å². The van der Waals surface area contributed by atoms with Crippen molar-refractivity contribution in [3.05, 3.63) is 108 Å². The molecule has 1 heterocycles. The Kier molecular flexibility index (Phi) is 6.77. The fourth-order valence-electron chi connectivity index (χ4n) is 4.14. The lowest BCUT2D eigenvalue weighted by molar-refractivity contribution is -0.160. The zero-order chi connectivity index (χ0) is 25.3. The number of hydrogen-bond donors (Lipinski definition) is 1. The molecular weight excluding hydrogens is 498 g/mol. The van der Waals surface area contributed by atoms with Crippen molar-refractivity contribution in [2.45, 2.75) is 43.9 Å². The van der Waals surface area contributed by atoms with E-state index in [1.165, 1.54) is 12.1 Å². The molecule has 0 aliphatic carbocycles. The molecule has 4 aromatic rings. The Morgan fingerprint density at radius 1 is 0.833 bits per heavy atom. The van der Waals surface area contributed by atoms with Gasteiger partial charge in [-0.1, -0.05) is 66.4 Å². The molecule has 1 aliphatic heterocycles.